The Labute approximate surface area is 174 Å². The van der Waals surface area contributed by atoms with Gasteiger partial charge in [-0.2, -0.15) is 0 Å². The normalized spacial score (nSPS) is 16.9. The number of ether oxygens (including phenoxy) is 2. The highest BCUT2D eigenvalue weighted by Gasteiger charge is 2.32. The molecule has 3 rings (SSSR count). The number of benzene rings is 2. The first-order valence-electron chi connectivity index (χ1n) is 8.92. The summed E-state index contributed by atoms with van der Waals surface area (Å²) in [5, 5.41) is 1.30. The molecular formula is C21H21ClN2O3S. The predicted molar refractivity (Wildman–Crippen MR) is 116 cm³/mol. The van der Waals surface area contributed by atoms with Crippen LogP contribution in [0.3, 0.4) is 0 Å². The lowest BCUT2D eigenvalue weighted by Crippen LogP contribution is -2.28. The smallest absolute Gasteiger partial charge is 0.266 e. The Morgan fingerprint density at radius 2 is 1.89 bits per heavy atom. The van der Waals surface area contributed by atoms with Crippen molar-refractivity contribution in [3.05, 3.63) is 58.0 Å². The first kappa shape index (κ1) is 20.3. The number of thioether (sulfide) groups is 1. The SMILES string of the molecule is CCOc1ccc(/C=C2/SC(=Nc3ccc(Cl)cc3)N(CC)C2=O)cc1OC. The van der Waals surface area contributed by atoms with Gasteiger partial charge < -0.3 is 9.47 Å². The minimum absolute atomic E-state index is 0.0620. The van der Waals surface area contributed by atoms with Crippen molar-refractivity contribution in [2.24, 2.45) is 4.99 Å². The van der Waals surface area contributed by atoms with E-state index in [0.717, 1.165) is 11.3 Å². The van der Waals surface area contributed by atoms with Crippen LogP contribution in [0, 0.1) is 0 Å². The van der Waals surface area contributed by atoms with Crippen molar-refractivity contribution in [3.63, 3.8) is 0 Å². The Balaban J connectivity index is 1.90. The van der Waals surface area contributed by atoms with E-state index in [9.17, 15) is 4.79 Å². The number of rotatable bonds is 6. The minimum Gasteiger partial charge on any atom is -0.493 e. The molecule has 1 aliphatic heterocycles. The van der Waals surface area contributed by atoms with Crippen molar-refractivity contribution >= 4 is 46.2 Å². The van der Waals surface area contributed by atoms with Crippen LogP contribution in [0.2, 0.25) is 5.02 Å². The number of halogens is 1. The topological polar surface area (TPSA) is 51.1 Å². The van der Waals surface area contributed by atoms with Crippen LogP contribution in [0.25, 0.3) is 6.08 Å². The zero-order valence-corrected chi connectivity index (χ0v) is 17.5. The Morgan fingerprint density at radius 3 is 2.54 bits per heavy atom. The molecule has 146 valence electrons. The number of amides is 1. The van der Waals surface area contributed by atoms with Crippen LogP contribution in [0.4, 0.5) is 5.69 Å². The second kappa shape index (κ2) is 9.17. The van der Waals surface area contributed by atoms with Crippen molar-refractivity contribution in [3.8, 4) is 11.5 Å². The number of hydrogen-bond acceptors (Lipinski definition) is 5. The fourth-order valence-electron chi connectivity index (χ4n) is 2.70. The van der Waals surface area contributed by atoms with E-state index >= 15 is 0 Å². The molecule has 2 aromatic rings. The third kappa shape index (κ3) is 4.51. The third-order valence-electron chi connectivity index (χ3n) is 4.04. The van der Waals surface area contributed by atoms with Gasteiger partial charge in [-0.25, -0.2) is 4.99 Å². The van der Waals surface area contributed by atoms with Gasteiger partial charge in [0.15, 0.2) is 16.7 Å². The molecule has 1 amide bonds. The standard InChI is InChI=1S/C21H21ClN2O3S/c1-4-24-20(25)19(28-21(24)23-16-9-7-15(22)8-10-16)13-14-6-11-17(27-5-2)18(12-14)26-3/h6-13H,4-5H2,1-3H3/b19-13+,23-21?. The van der Waals surface area contributed by atoms with Crippen molar-refractivity contribution in [2.45, 2.75) is 13.8 Å². The summed E-state index contributed by atoms with van der Waals surface area (Å²) in [6.45, 7) is 4.95. The van der Waals surface area contributed by atoms with Crippen LogP contribution >= 0.6 is 23.4 Å². The predicted octanol–water partition coefficient (Wildman–Crippen LogP) is 5.37. The summed E-state index contributed by atoms with van der Waals surface area (Å²) in [4.78, 5) is 19.7. The fraction of sp³-hybridized carbons (Fsp3) is 0.238. The Hall–Kier alpha value is -2.44. The molecule has 1 aliphatic rings. The minimum atomic E-state index is -0.0620. The van der Waals surface area contributed by atoms with Gasteiger partial charge >= 0.3 is 0 Å². The van der Waals surface area contributed by atoms with E-state index < -0.39 is 0 Å². The molecule has 0 unspecified atom stereocenters. The van der Waals surface area contributed by atoms with E-state index in [0.29, 0.717) is 39.7 Å². The summed E-state index contributed by atoms with van der Waals surface area (Å²) in [5.41, 5.74) is 1.61. The zero-order valence-electron chi connectivity index (χ0n) is 15.9. The molecule has 0 bridgehead atoms. The lowest BCUT2D eigenvalue weighted by molar-refractivity contribution is -0.122. The van der Waals surface area contributed by atoms with Crippen LogP contribution in [-0.4, -0.2) is 36.2 Å². The quantitative estimate of drug-likeness (QED) is 0.594. The second-order valence-corrected chi connectivity index (χ2v) is 7.32. The molecule has 1 saturated heterocycles. The van der Waals surface area contributed by atoms with Crippen molar-refractivity contribution < 1.29 is 14.3 Å². The molecule has 1 heterocycles. The molecule has 0 atom stereocenters. The summed E-state index contributed by atoms with van der Waals surface area (Å²) < 4.78 is 10.9. The lowest BCUT2D eigenvalue weighted by atomic mass is 10.2. The van der Waals surface area contributed by atoms with E-state index in [1.807, 2.05) is 50.3 Å². The first-order valence-corrected chi connectivity index (χ1v) is 10.1. The molecule has 0 radical (unpaired) electrons. The van der Waals surface area contributed by atoms with Crippen LogP contribution < -0.4 is 9.47 Å². The molecule has 0 aromatic heterocycles. The van der Waals surface area contributed by atoms with E-state index in [1.54, 1.807) is 24.1 Å². The average molecular weight is 417 g/mol. The van der Waals surface area contributed by atoms with E-state index in [1.165, 1.54) is 11.8 Å². The number of amidine groups is 1. The van der Waals surface area contributed by atoms with Gasteiger partial charge in [0.2, 0.25) is 0 Å². The van der Waals surface area contributed by atoms with Gasteiger partial charge in [0.25, 0.3) is 5.91 Å². The van der Waals surface area contributed by atoms with Gasteiger partial charge in [-0.05, 0) is 73.6 Å². The van der Waals surface area contributed by atoms with Crippen LogP contribution in [0.1, 0.15) is 19.4 Å². The summed E-state index contributed by atoms with van der Waals surface area (Å²) in [6.07, 6.45) is 1.85. The molecule has 0 N–H and O–H groups in total. The summed E-state index contributed by atoms with van der Waals surface area (Å²) in [6, 6.07) is 12.8. The average Bonchev–Trinajstić information content (AvgIpc) is 2.99. The maximum atomic E-state index is 12.8. The Bertz CT molecular complexity index is 926. The molecular weight excluding hydrogens is 396 g/mol. The number of likely N-dealkylation sites (N-methyl/N-ethyl adjacent to an activating group) is 1. The third-order valence-corrected chi connectivity index (χ3v) is 5.30. The maximum absolute atomic E-state index is 12.8. The lowest BCUT2D eigenvalue weighted by Gasteiger charge is -2.12. The van der Waals surface area contributed by atoms with Crippen molar-refractivity contribution in [1.29, 1.82) is 0 Å². The highest BCUT2D eigenvalue weighted by Crippen LogP contribution is 2.35. The van der Waals surface area contributed by atoms with E-state index in [-0.39, 0.29) is 5.91 Å². The molecule has 0 spiro atoms. The molecule has 28 heavy (non-hydrogen) atoms. The highest BCUT2D eigenvalue weighted by molar-refractivity contribution is 8.18. The molecule has 1 fully saturated rings. The Morgan fingerprint density at radius 1 is 1.14 bits per heavy atom. The van der Waals surface area contributed by atoms with Crippen LogP contribution in [-0.2, 0) is 4.79 Å². The van der Waals surface area contributed by atoms with Gasteiger partial charge in [0.05, 0.1) is 24.3 Å². The number of methoxy groups -OCH3 is 1. The number of hydrogen-bond donors (Lipinski definition) is 0. The summed E-state index contributed by atoms with van der Waals surface area (Å²) >= 11 is 7.29. The van der Waals surface area contributed by atoms with Gasteiger partial charge in [0, 0.05) is 11.6 Å². The van der Waals surface area contributed by atoms with Crippen molar-refractivity contribution in [2.75, 3.05) is 20.3 Å². The summed E-state index contributed by atoms with van der Waals surface area (Å²) in [5.74, 6) is 1.25. The largest absolute Gasteiger partial charge is 0.493 e. The molecule has 2 aromatic carbocycles. The molecule has 0 aliphatic carbocycles. The van der Waals surface area contributed by atoms with Gasteiger partial charge in [-0.1, -0.05) is 17.7 Å². The fourth-order valence-corrected chi connectivity index (χ4v) is 3.88. The second-order valence-electron chi connectivity index (χ2n) is 5.87. The maximum Gasteiger partial charge on any atom is 0.266 e. The summed E-state index contributed by atoms with van der Waals surface area (Å²) in [7, 11) is 1.60. The van der Waals surface area contributed by atoms with Gasteiger partial charge in [-0.15, -0.1) is 0 Å². The first-order chi connectivity index (χ1) is 13.5. The molecule has 0 saturated carbocycles. The Kier molecular flexibility index (Phi) is 6.65. The number of carbonyl (C=O) groups is 1. The van der Waals surface area contributed by atoms with Crippen LogP contribution in [0.15, 0.2) is 52.4 Å². The zero-order chi connectivity index (χ0) is 20.1. The van der Waals surface area contributed by atoms with Crippen LogP contribution in [0.5, 0.6) is 11.5 Å². The monoisotopic (exact) mass is 416 g/mol. The number of aliphatic imine (C=N–C) groups is 1. The number of nitrogens with zero attached hydrogens (tertiary/aromatic N) is 2. The highest BCUT2D eigenvalue weighted by atomic mass is 35.5. The van der Waals surface area contributed by atoms with Crippen molar-refractivity contribution in [1.82, 2.24) is 4.90 Å². The van der Waals surface area contributed by atoms with E-state index in [4.69, 9.17) is 21.1 Å². The van der Waals surface area contributed by atoms with Gasteiger partial charge in [0.1, 0.15) is 0 Å². The number of carbonyl (C=O) groups excluding carboxylic acids is 1. The molecule has 5 nitrogen and oxygen atoms in total. The van der Waals surface area contributed by atoms with E-state index in [2.05, 4.69) is 4.99 Å². The van der Waals surface area contributed by atoms with Gasteiger partial charge in [-0.3, -0.25) is 9.69 Å². The molecule has 7 heteroatoms.